The fourth-order valence-electron chi connectivity index (χ4n) is 3.06. The number of carbonyl (C=O) groups is 1. The van der Waals surface area contributed by atoms with Crippen molar-refractivity contribution < 1.29 is 9.53 Å². The van der Waals surface area contributed by atoms with Crippen molar-refractivity contribution in [1.82, 2.24) is 0 Å². The van der Waals surface area contributed by atoms with Gasteiger partial charge < -0.3 is 4.74 Å². The molecule has 1 atom stereocenters. The topological polar surface area (TPSA) is 26.3 Å². The number of benzene rings is 3. The summed E-state index contributed by atoms with van der Waals surface area (Å²) >= 11 is 0. The summed E-state index contributed by atoms with van der Waals surface area (Å²) in [6.07, 6.45) is 0.404. The molecule has 1 unspecified atom stereocenters. The number of carbonyl (C=O) groups excluding carboxylic acids is 1. The minimum atomic E-state index is -0.216. The third-order valence-corrected chi connectivity index (χ3v) is 6.75. The minimum Gasteiger partial charge on any atom is -0.469 e. The second-order valence-corrected chi connectivity index (χ2v) is 8.43. The summed E-state index contributed by atoms with van der Waals surface area (Å²) in [5, 5.41) is 2.33. The van der Waals surface area contributed by atoms with Crippen molar-refractivity contribution in [3.05, 3.63) is 107 Å². The van der Waals surface area contributed by atoms with Crippen LogP contribution in [-0.2, 0) is 20.4 Å². The van der Waals surface area contributed by atoms with Gasteiger partial charge in [0.2, 0.25) is 0 Å². The Morgan fingerprint density at radius 2 is 1.39 bits per heavy atom. The molecule has 3 aromatic rings. The summed E-state index contributed by atoms with van der Waals surface area (Å²) in [6, 6.07) is 29.3. The highest BCUT2D eigenvalue weighted by molar-refractivity contribution is 7.99. The van der Waals surface area contributed by atoms with E-state index in [0.29, 0.717) is 6.42 Å². The Morgan fingerprint density at radius 3 is 1.93 bits per heavy atom. The van der Waals surface area contributed by atoms with Crippen molar-refractivity contribution in [1.29, 1.82) is 0 Å². The normalized spacial score (nSPS) is 11.5. The minimum absolute atomic E-state index is 0.166. The van der Waals surface area contributed by atoms with Crippen LogP contribution >= 0.6 is 0 Å². The second-order valence-electron chi connectivity index (χ2n) is 6.49. The van der Waals surface area contributed by atoms with Crippen molar-refractivity contribution in [3.63, 3.8) is 0 Å². The molecule has 0 N–H and O–H groups in total. The van der Waals surface area contributed by atoms with Gasteiger partial charge in [0.1, 0.15) is 11.2 Å². The van der Waals surface area contributed by atoms with Crippen LogP contribution in [0.2, 0.25) is 0 Å². The molecule has 0 spiro atoms. The molecule has 2 nitrogen and oxygen atoms in total. The first kappa shape index (κ1) is 20.0. The lowest BCUT2D eigenvalue weighted by Gasteiger charge is -2.11. The van der Waals surface area contributed by atoms with Gasteiger partial charge in [-0.15, -0.1) is 0 Å². The van der Waals surface area contributed by atoms with Crippen molar-refractivity contribution in [2.45, 2.75) is 18.2 Å². The zero-order valence-corrected chi connectivity index (χ0v) is 17.1. The average molecular weight is 390 g/mol. The Bertz CT molecular complexity index is 892. The molecule has 0 aliphatic heterocycles. The molecule has 0 amide bonds. The standard InChI is InChI=1S/C25H25O2S/c1-20-11-9-10-16-24(20)28(18-17-25(26)27-2)19-23(21-12-5-3-6-13-21)22-14-7-4-8-15-22/h3-16,19H,17-18H2,1-2H3/q+1. The predicted octanol–water partition coefficient (Wildman–Crippen LogP) is 5.62. The van der Waals surface area contributed by atoms with Gasteiger partial charge in [-0.2, -0.15) is 0 Å². The van der Waals surface area contributed by atoms with Gasteiger partial charge in [0, 0.05) is 11.1 Å². The van der Waals surface area contributed by atoms with Gasteiger partial charge in [0.25, 0.3) is 0 Å². The smallest absolute Gasteiger partial charge is 0.310 e. The van der Waals surface area contributed by atoms with Crippen molar-refractivity contribution >= 4 is 22.4 Å². The number of aryl methyl sites for hydroxylation is 1. The Balaban J connectivity index is 2.08. The van der Waals surface area contributed by atoms with E-state index in [1.54, 1.807) is 0 Å². The molecule has 0 bridgehead atoms. The van der Waals surface area contributed by atoms with Crippen LogP contribution in [0.25, 0.3) is 5.57 Å². The summed E-state index contributed by atoms with van der Waals surface area (Å²) in [7, 11) is 1.23. The third kappa shape index (κ3) is 5.14. The van der Waals surface area contributed by atoms with Crippen LogP contribution in [0.1, 0.15) is 23.1 Å². The molecule has 0 saturated heterocycles. The van der Waals surface area contributed by atoms with E-state index in [4.69, 9.17) is 4.74 Å². The van der Waals surface area contributed by atoms with Crippen LogP contribution in [-0.4, -0.2) is 18.8 Å². The fraction of sp³-hybridized carbons (Fsp3) is 0.160. The Labute approximate surface area is 170 Å². The van der Waals surface area contributed by atoms with E-state index in [0.717, 1.165) is 5.75 Å². The highest BCUT2D eigenvalue weighted by Gasteiger charge is 2.25. The van der Waals surface area contributed by atoms with Crippen LogP contribution in [0.3, 0.4) is 0 Å². The Morgan fingerprint density at radius 1 is 0.857 bits per heavy atom. The van der Waals surface area contributed by atoms with Crippen LogP contribution in [0.15, 0.2) is 95.2 Å². The maximum Gasteiger partial charge on any atom is 0.310 e. The number of rotatable bonds is 7. The van der Waals surface area contributed by atoms with Crippen LogP contribution in [0, 0.1) is 6.92 Å². The monoisotopic (exact) mass is 389 g/mol. The van der Waals surface area contributed by atoms with E-state index in [9.17, 15) is 4.79 Å². The lowest BCUT2D eigenvalue weighted by atomic mass is 10.00. The summed E-state index contributed by atoms with van der Waals surface area (Å²) in [5.74, 6) is 0.571. The van der Waals surface area contributed by atoms with Gasteiger partial charge in [-0.1, -0.05) is 78.9 Å². The molecule has 28 heavy (non-hydrogen) atoms. The van der Waals surface area contributed by atoms with Gasteiger partial charge in [-0.25, -0.2) is 0 Å². The molecule has 3 aromatic carbocycles. The number of hydrogen-bond acceptors (Lipinski definition) is 2. The van der Waals surface area contributed by atoms with Gasteiger partial charge in [-0.3, -0.25) is 4.79 Å². The molecular formula is C25H25O2S+. The molecule has 0 heterocycles. The van der Waals surface area contributed by atoms with Crippen LogP contribution in [0.5, 0.6) is 0 Å². The van der Waals surface area contributed by atoms with Gasteiger partial charge in [-0.05, 0) is 24.1 Å². The predicted molar refractivity (Wildman–Crippen MR) is 118 cm³/mol. The van der Waals surface area contributed by atoms with Crippen molar-refractivity contribution in [2.24, 2.45) is 0 Å². The summed E-state index contributed by atoms with van der Waals surface area (Å²) in [6.45, 7) is 2.13. The zero-order chi connectivity index (χ0) is 19.8. The Hall–Kier alpha value is -2.78. The molecule has 0 radical (unpaired) electrons. The van der Waals surface area contributed by atoms with Crippen molar-refractivity contribution in [2.75, 3.05) is 12.9 Å². The van der Waals surface area contributed by atoms with E-state index in [2.05, 4.69) is 85.1 Å². The first-order valence-electron chi connectivity index (χ1n) is 9.34. The summed E-state index contributed by atoms with van der Waals surface area (Å²) in [5.41, 5.74) is 4.79. The highest BCUT2D eigenvalue weighted by atomic mass is 32.2. The summed E-state index contributed by atoms with van der Waals surface area (Å²) in [4.78, 5) is 13.1. The lowest BCUT2D eigenvalue weighted by Crippen LogP contribution is -2.13. The lowest BCUT2D eigenvalue weighted by molar-refractivity contribution is -0.140. The number of methoxy groups -OCH3 is 1. The van der Waals surface area contributed by atoms with E-state index in [1.165, 1.54) is 34.3 Å². The Kier molecular flexibility index (Phi) is 7.10. The summed E-state index contributed by atoms with van der Waals surface area (Å²) < 4.78 is 4.89. The molecule has 3 rings (SSSR count). The zero-order valence-electron chi connectivity index (χ0n) is 16.3. The maximum atomic E-state index is 11.8. The quantitative estimate of drug-likeness (QED) is 0.387. The highest BCUT2D eigenvalue weighted by Crippen LogP contribution is 2.29. The molecule has 0 aliphatic rings. The molecule has 3 heteroatoms. The SMILES string of the molecule is COC(=O)CC[S+](C=C(c1ccccc1)c1ccccc1)c1ccccc1C. The third-order valence-electron chi connectivity index (χ3n) is 4.56. The van der Waals surface area contributed by atoms with E-state index in [-0.39, 0.29) is 16.9 Å². The maximum absolute atomic E-state index is 11.8. The molecule has 0 aliphatic carbocycles. The largest absolute Gasteiger partial charge is 0.469 e. The van der Waals surface area contributed by atoms with Crippen LogP contribution < -0.4 is 0 Å². The van der Waals surface area contributed by atoms with Gasteiger partial charge in [0.05, 0.1) is 24.4 Å². The number of hydrogen-bond donors (Lipinski definition) is 0. The van der Waals surface area contributed by atoms with Crippen LogP contribution in [0.4, 0.5) is 0 Å². The molecular weight excluding hydrogens is 364 g/mol. The first-order chi connectivity index (χ1) is 13.7. The average Bonchev–Trinajstić information content (AvgIpc) is 2.75. The fourth-order valence-corrected chi connectivity index (χ4v) is 5.20. The second kappa shape index (κ2) is 9.95. The molecule has 142 valence electrons. The van der Waals surface area contributed by atoms with E-state index >= 15 is 0 Å². The molecule has 0 aromatic heterocycles. The number of ether oxygens (including phenoxy) is 1. The van der Waals surface area contributed by atoms with E-state index in [1.807, 2.05) is 12.1 Å². The van der Waals surface area contributed by atoms with Crippen molar-refractivity contribution in [3.8, 4) is 0 Å². The molecule has 0 fully saturated rings. The first-order valence-corrected chi connectivity index (χ1v) is 10.8. The van der Waals surface area contributed by atoms with Gasteiger partial charge >= 0.3 is 5.97 Å². The number of esters is 1. The van der Waals surface area contributed by atoms with Gasteiger partial charge in [0.15, 0.2) is 4.90 Å². The van der Waals surface area contributed by atoms with E-state index < -0.39 is 0 Å². The molecule has 0 saturated carbocycles.